The standard InChI is InChI=1S/C16H14F3N3O2/c17-16(18,19)11-3-7-12(8-4-11)21-9-14(23)22-13-5-1-10(2-6-13)15(20)24/h1-8,21H,9H2,(H2,20,24)(H,22,23). The molecular weight excluding hydrogens is 323 g/mol. The molecule has 2 rings (SSSR count). The van der Waals surface area contributed by atoms with Gasteiger partial charge in [-0.25, -0.2) is 0 Å². The summed E-state index contributed by atoms with van der Waals surface area (Å²) in [6.07, 6.45) is -4.40. The summed E-state index contributed by atoms with van der Waals surface area (Å²) < 4.78 is 37.3. The lowest BCUT2D eigenvalue weighted by Gasteiger charge is -2.10. The summed E-state index contributed by atoms with van der Waals surface area (Å²) in [4.78, 5) is 22.7. The molecule has 0 spiro atoms. The number of hydrogen-bond acceptors (Lipinski definition) is 3. The molecule has 0 bridgehead atoms. The quantitative estimate of drug-likeness (QED) is 0.784. The minimum atomic E-state index is -4.40. The molecule has 4 N–H and O–H groups in total. The van der Waals surface area contributed by atoms with E-state index >= 15 is 0 Å². The molecular formula is C16H14F3N3O2. The van der Waals surface area contributed by atoms with Crippen LogP contribution in [0.4, 0.5) is 24.5 Å². The Morgan fingerprint density at radius 1 is 0.917 bits per heavy atom. The van der Waals surface area contributed by atoms with Gasteiger partial charge in [-0.15, -0.1) is 0 Å². The second kappa shape index (κ2) is 7.03. The average molecular weight is 337 g/mol. The lowest BCUT2D eigenvalue weighted by molar-refractivity contribution is -0.137. The van der Waals surface area contributed by atoms with Gasteiger partial charge in [0.2, 0.25) is 11.8 Å². The van der Waals surface area contributed by atoms with Crippen molar-refractivity contribution in [3.8, 4) is 0 Å². The first-order valence-electron chi connectivity index (χ1n) is 6.86. The summed E-state index contributed by atoms with van der Waals surface area (Å²) in [5, 5.41) is 5.30. The number of anilines is 2. The van der Waals surface area contributed by atoms with Gasteiger partial charge in [0.1, 0.15) is 0 Å². The molecule has 0 fully saturated rings. The van der Waals surface area contributed by atoms with E-state index in [-0.39, 0.29) is 12.5 Å². The molecule has 5 nitrogen and oxygen atoms in total. The molecule has 0 aromatic heterocycles. The molecule has 0 aliphatic heterocycles. The Bertz CT molecular complexity index is 726. The second-order valence-electron chi connectivity index (χ2n) is 4.92. The predicted molar refractivity (Wildman–Crippen MR) is 83.5 cm³/mol. The Balaban J connectivity index is 1.87. The van der Waals surface area contributed by atoms with Crippen LogP contribution in [0.15, 0.2) is 48.5 Å². The zero-order chi connectivity index (χ0) is 17.7. The topological polar surface area (TPSA) is 84.2 Å². The molecule has 0 saturated heterocycles. The van der Waals surface area contributed by atoms with Crippen LogP contribution >= 0.6 is 0 Å². The summed E-state index contributed by atoms with van der Waals surface area (Å²) in [6, 6.07) is 10.4. The normalized spacial score (nSPS) is 11.0. The Hall–Kier alpha value is -3.03. The first-order valence-corrected chi connectivity index (χ1v) is 6.86. The molecule has 2 amide bonds. The minimum absolute atomic E-state index is 0.122. The average Bonchev–Trinajstić information content (AvgIpc) is 2.53. The van der Waals surface area contributed by atoms with Crippen LogP contribution in [-0.2, 0) is 11.0 Å². The number of nitrogens with two attached hydrogens (primary N) is 1. The number of hydrogen-bond donors (Lipinski definition) is 3. The number of halogens is 3. The van der Waals surface area contributed by atoms with Gasteiger partial charge in [-0.05, 0) is 48.5 Å². The largest absolute Gasteiger partial charge is 0.416 e. The van der Waals surface area contributed by atoms with Crippen molar-refractivity contribution in [3.63, 3.8) is 0 Å². The van der Waals surface area contributed by atoms with Crippen molar-refractivity contribution in [2.24, 2.45) is 5.73 Å². The lowest BCUT2D eigenvalue weighted by Crippen LogP contribution is -2.21. The number of carbonyl (C=O) groups is 2. The summed E-state index contributed by atoms with van der Waals surface area (Å²) in [5.74, 6) is -0.960. The van der Waals surface area contributed by atoms with Crippen molar-refractivity contribution < 1.29 is 22.8 Å². The molecule has 0 unspecified atom stereocenters. The number of primary amides is 1. The van der Waals surface area contributed by atoms with E-state index in [4.69, 9.17) is 5.73 Å². The Morgan fingerprint density at radius 2 is 1.46 bits per heavy atom. The van der Waals surface area contributed by atoms with E-state index in [1.807, 2.05) is 0 Å². The maximum Gasteiger partial charge on any atom is 0.416 e. The first kappa shape index (κ1) is 17.3. The first-order chi connectivity index (χ1) is 11.3. The van der Waals surface area contributed by atoms with Gasteiger partial charge in [-0.1, -0.05) is 0 Å². The van der Waals surface area contributed by atoms with Crippen molar-refractivity contribution in [3.05, 3.63) is 59.7 Å². The molecule has 2 aromatic rings. The number of benzene rings is 2. The van der Waals surface area contributed by atoms with Crippen LogP contribution in [0, 0.1) is 0 Å². The monoisotopic (exact) mass is 337 g/mol. The van der Waals surface area contributed by atoms with Gasteiger partial charge in [-0.2, -0.15) is 13.2 Å². The van der Waals surface area contributed by atoms with Crippen LogP contribution in [-0.4, -0.2) is 18.4 Å². The number of amides is 2. The third-order valence-electron chi connectivity index (χ3n) is 3.12. The minimum Gasteiger partial charge on any atom is -0.376 e. The Kier molecular flexibility index (Phi) is 5.08. The van der Waals surface area contributed by atoms with Crippen LogP contribution in [0.5, 0.6) is 0 Å². The van der Waals surface area contributed by atoms with Crippen LogP contribution < -0.4 is 16.4 Å². The van der Waals surface area contributed by atoms with E-state index in [0.717, 1.165) is 12.1 Å². The van der Waals surface area contributed by atoms with Gasteiger partial charge in [-0.3, -0.25) is 9.59 Å². The van der Waals surface area contributed by atoms with Gasteiger partial charge in [0.15, 0.2) is 0 Å². The highest BCUT2D eigenvalue weighted by molar-refractivity contribution is 5.96. The Labute approximate surface area is 135 Å². The van der Waals surface area contributed by atoms with Crippen LogP contribution in [0.1, 0.15) is 15.9 Å². The number of nitrogens with one attached hydrogen (secondary N) is 2. The van der Waals surface area contributed by atoms with Crippen LogP contribution in [0.3, 0.4) is 0 Å². The fraction of sp³-hybridized carbons (Fsp3) is 0.125. The number of rotatable bonds is 5. The summed E-state index contributed by atoms with van der Waals surface area (Å²) in [6.45, 7) is -0.122. The highest BCUT2D eigenvalue weighted by Gasteiger charge is 2.29. The second-order valence-corrected chi connectivity index (χ2v) is 4.92. The zero-order valence-electron chi connectivity index (χ0n) is 12.4. The highest BCUT2D eigenvalue weighted by atomic mass is 19.4. The fourth-order valence-electron chi connectivity index (χ4n) is 1.88. The van der Waals surface area contributed by atoms with E-state index < -0.39 is 17.6 Å². The van der Waals surface area contributed by atoms with Crippen molar-refractivity contribution >= 4 is 23.2 Å². The molecule has 0 aliphatic carbocycles. The van der Waals surface area contributed by atoms with E-state index in [0.29, 0.717) is 16.9 Å². The van der Waals surface area contributed by atoms with E-state index in [1.165, 1.54) is 36.4 Å². The van der Waals surface area contributed by atoms with Crippen molar-refractivity contribution in [2.75, 3.05) is 17.2 Å². The summed E-state index contributed by atoms with van der Waals surface area (Å²) in [5.41, 5.74) is 5.53. The summed E-state index contributed by atoms with van der Waals surface area (Å²) in [7, 11) is 0. The highest BCUT2D eigenvalue weighted by Crippen LogP contribution is 2.29. The molecule has 0 saturated carbocycles. The lowest BCUT2D eigenvalue weighted by atomic mass is 10.2. The van der Waals surface area contributed by atoms with E-state index in [9.17, 15) is 22.8 Å². The van der Waals surface area contributed by atoms with E-state index in [2.05, 4.69) is 10.6 Å². The van der Waals surface area contributed by atoms with Gasteiger partial charge in [0.05, 0.1) is 12.1 Å². The maximum atomic E-state index is 12.4. The van der Waals surface area contributed by atoms with E-state index in [1.54, 1.807) is 0 Å². The Morgan fingerprint density at radius 3 is 1.96 bits per heavy atom. The van der Waals surface area contributed by atoms with Crippen molar-refractivity contribution in [1.29, 1.82) is 0 Å². The molecule has 0 aliphatic rings. The molecule has 126 valence electrons. The molecule has 0 atom stereocenters. The molecule has 8 heteroatoms. The van der Waals surface area contributed by atoms with Crippen LogP contribution in [0.2, 0.25) is 0 Å². The number of alkyl halides is 3. The van der Waals surface area contributed by atoms with Gasteiger partial charge < -0.3 is 16.4 Å². The maximum absolute atomic E-state index is 12.4. The molecule has 0 heterocycles. The fourth-order valence-corrected chi connectivity index (χ4v) is 1.88. The molecule has 0 radical (unpaired) electrons. The summed E-state index contributed by atoms with van der Waals surface area (Å²) >= 11 is 0. The van der Waals surface area contributed by atoms with Crippen molar-refractivity contribution in [1.82, 2.24) is 0 Å². The third kappa shape index (κ3) is 4.73. The smallest absolute Gasteiger partial charge is 0.376 e. The molecule has 24 heavy (non-hydrogen) atoms. The predicted octanol–water partition coefficient (Wildman–Crippen LogP) is 2.85. The van der Waals surface area contributed by atoms with Gasteiger partial charge in [0, 0.05) is 16.9 Å². The number of carbonyl (C=O) groups excluding carboxylic acids is 2. The molecule has 2 aromatic carbocycles. The van der Waals surface area contributed by atoms with Crippen LogP contribution in [0.25, 0.3) is 0 Å². The third-order valence-corrected chi connectivity index (χ3v) is 3.12. The zero-order valence-corrected chi connectivity index (χ0v) is 12.4. The van der Waals surface area contributed by atoms with Gasteiger partial charge in [0.25, 0.3) is 0 Å². The SMILES string of the molecule is NC(=O)c1ccc(NC(=O)CNc2ccc(C(F)(F)F)cc2)cc1. The van der Waals surface area contributed by atoms with Crippen molar-refractivity contribution in [2.45, 2.75) is 6.18 Å². The van der Waals surface area contributed by atoms with Gasteiger partial charge >= 0.3 is 6.18 Å².